The summed E-state index contributed by atoms with van der Waals surface area (Å²) < 4.78 is 26.6. The minimum absolute atomic E-state index is 0.146. The van der Waals surface area contributed by atoms with E-state index in [-0.39, 0.29) is 11.9 Å². The average Bonchev–Trinajstić information content (AvgIpc) is 2.72. The maximum Gasteiger partial charge on any atom is 0.241 e. The standard InChI is InChI=1S/C21H24ClN3O3S/c1-17(21(26)23-20-9-5-8-19(22)16-20)24-11-13-25(14-12-24)29(27,28)15-10-18-6-3-2-4-7-18/h2-10,15-17H,11-14H2,1H3,(H,23,26)/b15-10+. The van der Waals surface area contributed by atoms with Crippen LogP contribution in [0.4, 0.5) is 5.69 Å². The lowest BCUT2D eigenvalue weighted by atomic mass is 10.2. The Morgan fingerprint density at radius 1 is 1.07 bits per heavy atom. The predicted octanol–water partition coefficient (Wildman–Crippen LogP) is 3.29. The van der Waals surface area contributed by atoms with Crippen molar-refractivity contribution in [3.8, 4) is 0 Å². The number of carbonyl (C=O) groups is 1. The zero-order chi connectivity index (χ0) is 20.9. The van der Waals surface area contributed by atoms with Crippen molar-refractivity contribution in [3.05, 3.63) is 70.6 Å². The molecule has 1 aliphatic rings. The fraction of sp³-hybridized carbons (Fsp3) is 0.286. The van der Waals surface area contributed by atoms with Crippen LogP contribution in [0, 0.1) is 0 Å². The first-order valence-electron chi connectivity index (χ1n) is 9.39. The third-order valence-electron chi connectivity index (χ3n) is 4.88. The van der Waals surface area contributed by atoms with Crippen molar-refractivity contribution in [2.45, 2.75) is 13.0 Å². The minimum atomic E-state index is -3.49. The first kappa shape index (κ1) is 21.5. The Kier molecular flexibility index (Phi) is 7.08. The van der Waals surface area contributed by atoms with Crippen molar-refractivity contribution in [2.75, 3.05) is 31.5 Å². The Bertz CT molecular complexity index is 972. The molecule has 154 valence electrons. The molecule has 1 aliphatic heterocycles. The maximum absolute atomic E-state index is 12.6. The van der Waals surface area contributed by atoms with E-state index in [0.29, 0.717) is 36.9 Å². The molecule has 2 aromatic carbocycles. The van der Waals surface area contributed by atoms with Crippen LogP contribution < -0.4 is 5.32 Å². The number of rotatable bonds is 6. The van der Waals surface area contributed by atoms with Crippen LogP contribution in [0.2, 0.25) is 5.02 Å². The summed E-state index contributed by atoms with van der Waals surface area (Å²) in [5.74, 6) is -0.146. The van der Waals surface area contributed by atoms with Gasteiger partial charge in [-0.05, 0) is 36.8 Å². The normalized spacial score (nSPS) is 17.3. The van der Waals surface area contributed by atoms with Gasteiger partial charge in [0, 0.05) is 42.3 Å². The first-order valence-corrected chi connectivity index (χ1v) is 11.3. The molecule has 29 heavy (non-hydrogen) atoms. The molecule has 2 aromatic rings. The van der Waals surface area contributed by atoms with Gasteiger partial charge in [-0.2, -0.15) is 4.31 Å². The molecule has 1 amide bonds. The molecule has 1 unspecified atom stereocenters. The second-order valence-corrected chi connectivity index (χ2v) is 9.12. The highest BCUT2D eigenvalue weighted by Crippen LogP contribution is 2.17. The van der Waals surface area contributed by atoms with Crippen LogP contribution in [0.1, 0.15) is 12.5 Å². The molecule has 1 saturated heterocycles. The number of halogens is 1. The molecule has 1 fully saturated rings. The van der Waals surface area contributed by atoms with E-state index in [2.05, 4.69) is 5.32 Å². The fourth-order valence-corrected chi connectivity index (χ4v) is 4.50. The van der Waals surface area contributed by atoms with Gasteiger partial charge in [0.05, 0.1) is 6.04 Å². The van der Waals surface area contributed by atoms with Gasteiger partial charge in [0.15, 0.2) is 0 Å². The molecule has 6 nitrogen and oxygen atoms in total. The Morgan fingerprint density at radius 3 is 2.41 bits per heavy atom. The summed E-state index contributed by atoms with van der Waals surface area (Å²) in [5.41, 5.74) is 1.47. The lowest BCUT2D eigenvalue weighted by Gasteiger charge is -2.36. The minimum Gasteiger partial charge on any atom is -0.325 e. The lowest BCUT2D eigenvalue weighted by molar-refractivity contribution is -0.121. The molecule has 1 N–H and O–H groups in total. The van der Waals surface area contributed by atoms with Crippen molar-refractivity contribution < 1.29 is 13.2 Å². The summed E-state index contributed by atoms with van der Waals surface area (Å²) in [6, 6.07) is 15.9. The summed E-state index contributed by atoms with van der Waals surface area (Å²) in [4.78, 5) is 14.5. The largest absolute Gasteiger partial charge is 0.325 e. The molecule has 0 aromatic heterocycles. The molecule has 0 saturated carbocycles. The maximum atomic E-state index is 12.6. The van der Waals surface area contributed by atoms with Gasteiger partial charge in [0.2, 0.25) is 15.9 Å². The zero-order valence-corrected chi connectivity index (χ0v) is 17.7. The quantitative estimate of drug-likeness (QED) is 0.758. The smallest absolute Gasteiger partial charge is 0.241 e. The molecular formula is C21H24ClN3O3S. The van der Waals surface area contributed by atoms with Crippen LogP contribution in [-0.4, -0.2) is 55.8 Å². The van der Waals surface area contributed by atoms with E-state index >= 15 is 0 Å². The van der Waals surface area contributed by atoms with Crippen LogP contribution in [-0.2, 0) is 14.8 Å². The molecular weight excluding hydrogens is 410 g/mol. The van der Waals surface area contributed by atoms with E-state index in [9.17, 15) is 13.2 Å². The van der Waals surface area contributed by atoms with Gasteiger partial charge in [0.25, 0.3) is 0 Å². The molecule has 1 atom stereocenters. The van der Waals surface area contributed by atoms with Gasteiger partial charge in [0.1, 0.15) is 0 Å². The SMILES string of the molecule is CC(C(=O)Nc1cccc(Cl)c1)N1CCN(S(=O)(=O)/C=C/c2ccccc2)CC1. The van der Waals surface area contributed by atoms with Gasteiger partial charge in [-0.15, -0.1) is 0 Å². The number of hydrogen-bond donors (Lipinski definition) is 1. The van der Waals surface area contributed by atoms with Crippen molar-refractivity contribution >= 4 is 39.3 Å². The molecule has 1 heterocycles. The summed E-state index contributed by atoms with van der Waals surface area (Å²) in [5, 5.41) is 4.65. The number of amides is 1. The van der Waals surface area contributed by atoms with Crippen molar-refractivity contribution in [1.82, 2.24) is 9.21 Å². The summed E-state index contributed by atoms with van der Waals surface area (Å²) >= 11 is 5.95. The highest BCUT2D eigenvalue weighted by atomic mass is 35.5. The van der Waals surface area contributed by atoms with E-state index in [1.807, 2.05) is 42.2 Å². The molecule has 3 rings (SSSR count). The highest BCUT2D eigenvalue weighted by molar-refractivity contribution is 7.92. The fourth-order valence-electron chi connectivity index (χ4n) is 3.14. The van der Waals surface area contributed by atoms with Crippen LogP contribution in [0.15, 0.2) is 60.0 Å². The van der Waals surface area contributed by atoms with E-state index in [0.717, 1.165) is 5.56 Å². The van der Waals surface area contributed by atoms with Crippen LogP contribution in [0.5, 0.6) is 0 Å². The Morgan fingerprint density at radius 2 is 1.76 bits per heavy atom. The molecule has 0 bridgehead atoms. The van der Waals surface area contributed by atoms with E-state index in [4.69, 9.17) is 11.6 Å². The van der Waals surface area contributed by atoms with Gasteiger partial charge in [-0.1, -0.05) is 48.0 Å². The summed E-state index contributed by atoms with van der Waals surface area (Å²) in [6.45, 7) is 3.48. The van der Waals surface area contributed by atoms with E-state index in [1.165, 1.54) is 9.71 Å². The van der Waals surface area contributed by atoms with E-state index in [1.54, 1.807) is 30.3 Å². The van der Waals surface area contributed by atoms with Crippen molar-refractivity contribution in [2.24, 2.45) is 0 Å². The number of nitrogens with one attached hydrogen (secondary N) is 1. The number of anilines is 1. The molecule has 8 heteroatoms. The molecule has 0 spiro atoms. The third kappa shape index (κ3) is 5.90. The second-order valence-electron chi connectivity index (χ2n) is 6.87. The Labute approximate surface area is 176 Å². The summed E-state index contributed by atoms with van der Waals surface area (Å²) in [7, 11) is -3.49. The van der Waals surface area contributed by atoms with Crippen LogP contribution in [0.3, 0.4) is 0 Å². The van der Waals surface area contributed by atoms with Gasteiger partial charge >= 0.3 is 0 Å². The van der Waals surface area contributed by atoms with Crippen LogP contribution in [0.25, 0.3) is 6.08 Å². The zero-order valence-electron chi connectivity index (χ0n) is 16.2. The van der Waals surface area contributed by atoms with Crippen molar-refractivity contribution in [3.63, 3.8) is 0 Å². The topological polar surface area (TPSA) is 69.7 Å². The number of piperazine rings is 1. The number of carbonyl (C=O) groups excluding carboxylic acids is 1. The van der Waals surface area contributed by atoms with Crippen LogP contribution >= 0.6 is 11.6 Å². The molecule has 0 radical (unpaired) electrons. The average molecular weight is 434 g/mol. The molecule has 0 aliphatic carbocycles. The number of sulfonamides is 1. The lowest BCUT2D eigenvalue weighted by Crippen LogP contribution is -2.53. The van der Waals surface area contributed by atoms with Crippen molar-refractivity contribution in [1.29, 1.82) is 0 Å². The monoisotopic (exact) mass is 433 g/mol. The second kappa shape index (κ2) is 9.54. The first-order chi connectivity index (χ1) is 13.8. The Balaban J connectivity index is 1.55. The number of nitrogens with zero attached hydrogens (tertiary/aromatic N) is 2. The van der Waals surface area contributed by atoms with Gasteiger partial charge in [-0.3, -0.25) is 9.69 Å². The number of benzene rings is 2. The van der Waals surface area contributed by atoms with Gasteiger partial charge < -0.3 is 5.32 Å². The third-order valence-corrected chi connectivity index (χ3v) is 6.68. The summed E-state index contributed by atoms with van der Waals surface area (Å²) in [6.07, 6.45) is 1.60. The number of hydrogen-bond acceptors (Lipinski definition) is 4. The van der Waals surface area contributed by atoms with E-state index < -0.39 is 10.0 Å². The Hall–Kier alpha value is -2.19. The van der Waals surface area contributed by atoms with Gasteiger partial charge in [-0.25, -0.2) is 8.42 Å². The predicted molar refractivity (Wildman–Crippen MR) is 117 cm³/mol. The highest BCUT2D eigenvalue weighted by Gasteiger charge is 2.29.